The number of aliphatic hydroxyl groups excluding tert-OH is 1. The zero-order chi connectivity index (χ0) is 18.3. The molecule has 0 bridgehead atoms. The molecule has 0 amide bonds. The minimum atomic E-state index is -0.349. The molecular formula is C21H30O3. The van der Waals surface area contributed by atoms with E-state index in [0.717, 1.165) is 29.6 Å². The molecule has 3 nitrogen and oxygen atoms in total. The van der Waals surface area contributed by atoms with Crippen molar-refractivity contribution in [3.8, 4) is 0 Å². The number of aliphatic hydroxyl groups is 1. The fraction of sp³-hybridized carbons (Fsp3) is 0.476. The van der Waals surface area contributed by atoms with E-state index in [2.05, 4.69) is 30.7 Å². The van der Waals surface area contributed by atoms with Gasteiger partial charge in [0.25, 0.3) is 0 Å². The lowest BCUT2D eigenvalue weighted by atomic mass is 9.71. The Balaban J connectivity index is 2.84. The van der Waals surface area contributed by atoms with E-state index in [9.17, 15) is 9.90 Å². The number of rotatable bonds is 5. The highest BCUT2D eigenvalue weighted by Crippen LogP contribution is 2.40. The quantitative estimate of drug-likeness (QED) is 0.453. The number of allylic oxidation sites excluding steroid dienone is 8. The van der Waals surface area contributed by atoms with Gasteiger partial charge in [-0.25, -0.2) is 4.79 Å². The SMILES string of the molecule is COC(=O)/C=C(C)/C=C/C=C(C)/C=C/C1=C(C)[C@H](O)CCC1(C)C. The van der Waals surface area contributed by atoms with Gasteiger partial charge in [-0.2, -0.15) is 0 Å². The lowest BCUT2D eigenvalue weighted by Gasteiger charge is -2.35. The van der Waals surface area contributed by atoms with Crippen LogP contribution in [0.5, 0.6) is 0 Å². The standard InChI is InChI=1S/C21H30O3/c1-15(8-7-9-16(2)14-20(23)24-6)10-11-18-17(3)19(22)12-13-21(18,4)5/h7-11,14,19,22H,12-13H2,1-6H3/b9-7+,11-10+,15-8+,16-14+/t19-/m1/s1. The maximum Gasteiger partial charge on any atom is 0.330 e. The Kier molecular flexibility index (Phi) is 7.43. The number of hydrogen-bond acceptors (Lipinski definition) is 3. The molecule has 0 radical (unpaired) electrons. The second-order valence-electron chi connectivity index (χ2n) is 7.05. The third kappa shape index (κ3) is 5.97. The number of ether oxygens (including phenoxy) is 1. The van der Waals surface area contributed by atoms with Gasteiger partial charge in [0.2, 0.25) is 0 Å². The highest BCUT2D eigenvalue weighted by Gasteiger charge is 2.30. The third-order valence-corrected chi connectivity index (χ3v) is 4.47. The normalized spacial score (nSPS) is 22.5. The van der Waals surface area contributed by atoms with E-state index in [1.807, 2.05) is 39.0 Å². The van der Waals surface area contributed by atoms with Crippen molar-refractivity contribution < 1.29 is 14.6 Å². The van der Waals surface area contributed by atoms with Gasteiger partial charge in [0.15, 0.2) is 0 Å². The second kappa shape index (κ2) is 8.84. The zero-order valence-electron chi connectivity index (χ0n) is 15.7. The first kappa shape index (κ1) is 20.2. The summed E-state index contributed by atoms with van der Waals surface area (Å²) in [6, 6.07) is 0. The summed E-state index contributed by atoms with van der Waals surface area (Å²) in [7, 11) is 1.37. The molecular weight excluding hydrogens is 300 g/mol. The lowest BCUT2D eigenvalue weighted by molar-refractivity contribution is -0.134. The summed E-state index contributed by atoms with van der Waals surface area (Å²) >= 11 is 0. The van der Waals surface area contributed by atoms with Gasteiger partial charge in [0.05, 0.1) is 13.2 Å². The van der Waals surface area contributed by atoms with Gasteiger partial charge in [0.1, 0.15) is 0 Å². The van der Waals surface area contributed by atoms with Crippen LogP contribution in [0.1, 0.15) is 47.5 Å². The molecule has 0 unspecified atom stereocenters. The van der Waals surface area contributed by atoms with E-state index in [1.165, 1.54) is 18.8 Å². The Morgan fingerprint density at radius 1 is 1.25 bits per heavy atom. The first-order valence-electron chi connectivity index (χ1n) is 8.36. The molecule has 0 aromatic rings. The highest BCUT2D eigenvalue weighted by molar-refractivity contribution is 5.83. The number of methoxy groups -OCH3 is 1. The van der Waals surface area contributed by atoms with Crippen LogP contribution in [-0.2, 0) is 9.53 Å². The fourth-order valence-electron chi connectivity index (χ4n) is 2.83. The molecule has 1 N–H and O–H groups in total. The van der Waals surface area contributed by atoms with E-state index < -0.39 is 0 Å². The highest BCUT2D eigenvalue weighted by atomic mass is 16.5. The zero-order valence-corrected chi connectivity index (χ0v) is 15.7. The van der Waals surface area contributed by atoms with E-state index in [4.69, 9.17) is 0 Å². The Bertz CT molecular complexity index is 613. The van der Waals surface area contributed by atoms with Crippen molar-refractivity contribution in [2.24, 2.45) is 5.41 Å². The summed E-state index contributed by atoms with van der Waals surface area (Å²) in [5.74, 6) is -0.349. The van der Waals surface area contributed by atoms with Crippen molar-refractivity contribution in [2.45, 2.75) is 53.6 Å². The molecule has 1 aliphatic carbocycles. The van der Waals surface area contributed by atoms with E-state index >= 15 is 0 Å². The predicted molar refractivity (Wildman–Crippen MR) is 99.5 cm³/mol. The average molecular weight is 330 g/mol. The number of esters is 1. The Hall–Kier alpha value is -1.87. The smallest absolute Gasteiger partial charge is 0.330 e. The summed E-state index contributed by atoms with van der Waals surface area (Å²) in [5.41, 5.74) is 4.33. The molecule has 0 heterocycles. The van der Waals surface area contributed by atoms with Crippen LogP contribution in [0, 0.1) is 5.41 Å². The third-order valence-electron chi connectivity index (χ3n) is 4.47. The van der Waals surface area contributed by atoms with Crippen LogP contribution in [0.15, 0.2) is 58.7 Å². The van der Waals surface area contributed by atoms with Crippen molar-refractivity contribution in [2.75, 3.05) is 7.11 Å². The minimum absolute atomic E-state index is 0.0930. The van der Waals surface area contributed by atoms with Crippen LogP contribution in [0.2, 0.25) is 0 Å². The first-order chi connectivity index (χ1) is 11.2. The molecule has 1 aliphatic rings. The minimum Gasteiger partial charge on any atom is -0.466 e. The van der Waals surface area contributed by atoms with Gasteiger partial charge in [-0.15, -0.1) is 0 Å². The van der Waals surface area contributed by atoms with E-state index in [1.54, 1.807) is 0 Å². The molecule has 0 aromatic heterocycles. The van der Waals surface area contributed by atoms with Crippen LogP contribution >= 0.6 is 0 Å². The van der Waals surface area contributed by atoms with Crippen molar-refractivity contribution in [3.63, 3.8) is 0 Å². The van der Waals surface area contributed by atoms with E-state index in [-0.39, 0.29) is 17.5 Å². The topological polar surface area (TPSA) is 46.5 Å². The maximum atomic E-state index is 11.1. The van der Waals surface area contributed by atoms with Crippen molar-refractivity contribution >= 4 is 5.97 Å². The molecule has 3 heteroatoms. The molecule has 0 saturated heterocycles. The molecule has 24 heavy (non-hydrogen) atoms. The van der Waals surface area contributed by atoms with Crippen LogP contribution in [0.25, 0.3) is 0 Å². The summed E-state index contributed by atoms with van der Waals surface area (Å²) in [5, 5.41) is 10.1. The van der Waals surface area contributed by atoms with Gasteiger partial charge in [-0.1, -0.05) is 49.8 Å². The van der Waals surface area contributed by atoms with Crippen LogP contribution in [0.3, 0.4) is 0 Å². The molecule has 132 valence electrons. The number of carbonyl (C=O) groups excluding carboxylic acids is 1. The Morgan fingerprint density at radius 3 is 2.54 bits per heavy atom. The molecule has 0 saturated carbocycles. The first-order valence-corrected chi connectivity index (χ1v) is 8.36. The summed E-state index contributed by atoms with van der Waals surface area (Å²) < 4.78 is 4.59. The van der Waals surface area contributed by atoms with Gasteiger partial charge < -0.3 is 9.84 Å². The van der Waals surface area contributed by atoms with Gasteiger partial charge in [-0.3, -0.25) is 0 Å². The van der Waals surface area contributed by atoms with E-state index in [0.29, 0.717) is 0 Å². The summed E-state index contributed by atoms with van der Waals surface area (Å²) in [6.45, 7) is 10.4. The molecule has 0 fully saturated rings. The summed E-state index contributed by atoms with van der Waals surface area (Å²) in [6.07, 6.45) is 12.9. The molecule has 0 spiro atoms. The molecule has 0 aliphatic heterocycles. The largest absolute Gasteiger partial charge is 0.466 e. The molecule has 1 rings (SSSR count). The lowest BCUT2D eigenvalue weighted by Crippen LogP contribution is -2.27. The maximum absolute atomic E-state index is 11.1. The van der Waals surface area contributed by atoms with Crippen LogP contribution in [-0.4, -0.2) is 24.3 Å². The van der Waals surface area contributed by atoms with Crippen molar-refractivity contribution in [1.29, 1.82) is 0 Å². The van der Waals surface area contributed by atoms with Crippen LogP contribution < -0.4 is 0 Å². The van der Waals surface area contributed by atoms with Gasteiger partial charge >= 0.3 is 5.97 Å². The molecule has 0 aromatic carbocycles. The average Bonchev–Trinajstić information content (AvgIpc) is 2.51. The Morgan fingerprint density at radius 2 is 1.92 bits per heavy atom. The predicted octanol–water partition coefficient (Wildman–Crippen LogP) is 4.66. The number of hydrogen-bond donors (Lipinski definition) is 1. The monoisotopic (exact) mass is 330 g/mol. The summed E-state index contributed by atoms with van der Waals surface area (Å²) in [4.78, 5) is 11.1. The fourth-order valence-corrected chi connectivity index (χ4v) is 2.83. The Labute approximate surface area is 146 Å². The number of carbonyl (C=O) groups is 1. The van der Waals surface area contributed by atoms with Crippen molar-refractivity contribution in [1.82, 2.24) is 0 Å². The van der Waals surface area contributed by atoms with Gasteiger partial charge in [0, 0.05) is 6.08 Å². The van der Waals surface area contributed by atoms with Gasteiger partial charge in [-0.05, 0) is 55.7 Å². The van der Waals surface area contributed by atoms with Crippen LogP contribution in [0.4, 0.5) is 0 Å². The second-order valence-corrected chi connectivity index (χ2v) is 7.05. The van der Waals surface area contributed by atoms with Crippen molar-refractivity contribution in [3.05, 3.63) is 58.7 Å². The molecule has 1 atom stereocenters.